The van der Waals surface area contributed by atoms with E-state index in [1.165, 1.54) is 6.07 Å². The molecule has 0 saturated carbocycles. The highest BCUT2D eigenvalue weighted by Gasteiger charge is 2.20. The number of carbonyl (C=O) groups is 1. The molecule has 116 valence electrons. The molecule has 1 amide bonds. The summed E-state index contributed by atoms with van der Waals surface area (Å²) in [7, 11) is 0. The van der Waals surface area contributed by atoms with Gasteiger partial charge in [0.25, 0.3) is 5.91 Å². The fourth-order valence-corrected chi connectivity index (χ4v) is 1.90. The van der Waals surface area contributed by atoms with E-state index < -0.39 is 11.7 Å². The van der Waals surface area contributed by atoms with E-state index in [0.717, 1.165) is 18.9 Å². The summed E-state index contributed by atoms with van der Waals surface area (Å²) in [5.74, 6) is -0.934. The summed E-state index contributed by atoms with van der Waals surface area (Å²) in [5, 5.41) is 0. The standard InChI is InChI=1S/C17H18FNO3/c1-2-3-11-21-15-13(17(19)20)9-10-14(18)16(15)22-12-7-5-4-6-8-12/h4-10H,2-3,11H2,1H3,(H2,19,20). The maximum atomic E-state index is 14.1. The predicted octanol–water partition coefficient (Wildman–Crippen LogP) is 3.90. The number of carbonyl (C=O) groups excluding carboxylic acids is 1. The number of para-hydroxylation sites is 1. The van der Waals surface area contributed by atoms with Crippen LogP contribution in [0, 0.1) is 5.82 Å². The van der Waals surface area contributed by atoms with Crippen molar-refractivity contribution in [3.63, 3.8) is 0 Å². The van der Waals surface area contributed by atoms with Crippen LogP contribution in [-0.4, -0.2) is 12.5 Å². The molecule has 0 aliphatic heterocycles. The first-order valence-electron chi connectivity index (χ1n) is 7.11. The Bertz CT molecular complexity index is 644. The van der Waals surface area contributed by atoms with Crippen molar-refractivity contribution in [3.8, 4) is 17.2 Å². The molecule has 0 atom stereocenters. The fourth-order valence-electron chi connectivity index (χ4n) is 1.90. The third-order valence-electron chi connectivity index (χ3n) is 3.04. The molecule has 0 unspecified atom stereocenters. The molecular formula is C17H18FNO3. The van der Waals surface area contributed by atoms with Crippen LogP contribution in [0.4, 0.5) is 4.39 Å². The van der Waals surface area contributed by atoms with Crippen molar-refractivity contribution in [2.75, 3.05) is 6.61 Å². The maximum absolute atomic E-state index is 14.1. The van der Waals surface area contributed by atoms with Crippen molar-refractivity contribution >= 4 is 5.91 Å². The lowest BCUT2D eigenvalue weighted by atomic mass is 10.1. The molecule has 0 fully saturated rings. The van der Waals surface area contributed by atoms with E-state index in [1.807, 2.05) is 13.0 Å². The number of unbranched alkanes of at least 4 members (excludes halogenated alkanes) is 1. The lowest BCUT2D eigenvalue weighted by Gasteiger charge is -2.15. The van der Waals surface area contributed by atoms with Crippen LogP contribution in [0.2, 0.25) is 0 Å². The van der Waals surface area contributed by atoms with Gasteiger partial charge in [0.1, 0.15) is 5.75 Å². The Kier molecular flexibility index (Phi) is 5.36. The summed E-state index contributed by atoms with van der Waals surface area (Å²) in [5.41, 5.74) is 5.43. The largest absolute Gasteiger partial charge is 0.489 e. The second-order valence-electron chi connectivity index (χ2n) is 4.73. The van der Waals surface area contributed by atoms with Crippen LogP contribution < -0.4 is 15.2 Å². The molecule has 0 aliphatic rings. The number of halogens is 1. The molecule has 0 heterocycles. The van der Waals surface area contributed by atoms with E-state index in [-0.39, 0.29) is 17.1 Å². The van der Waals surface area contributed by atoms with Crippen molar-refractivity contribution in [2.24, 2.45) is 5.73 Å². The SMILES string of the molecule is CCCCOc1c(C(N)=O)ccc(F)c1Oc1ccccc1. The highest BCUT2D eigenvalue weighted by Crippen LogP contribution is 2.37. The fraction of sp³-hybridized carbons (Fsp3) is 0.235. The lowest BCUT2D eigenvalue weighted by molar-refractivity contribution is 0.0995. The number of nitrogens with two attached hydrogens (primary N) is 1. The smallest absolute Gasteiger partial charge is 0.252 e. The zero-order valence-corrected chi connectivity index (χ0v) is 12.3. The summed E-state index contributed by atoms with van der Waals surface area (Å²) in [6.07, 6.45) is 1.69. The minimum atomic E-state index is -0.690. The maximum Gasteiger partial charge on any atom is 0.252 e. The first-order chi connectivity index (χ1) is 10.6. The second kappa shape index (κ2) is 7.45. The van der Waals surface area contributed by atoms with Crippen LogP contribution in [0.3, 0.4) is 0 Å². The second-order valence-corrected chi connectivity index (χ2v) is 4.73. The predicted molar refractivity (Wildman–Crippen MR) is 81.8 cm³/mol. The van der Waals surface area contributed by atoms with Gasteiger partial charge in [-0.1, -0.05) is 31.5 Å². The monoisotopic (exact) mass is 303 g/mol. The molecule has 0 bridgehead atoms. The van der Waals surface area contributed by atoms with Gasteiger partial charge in [-0.05, 0) is 30.7 Å². The molecule has 0 radical (unpaired) electrons. The molecule has 4 nitrogen and oxygen atoms in total. The number of hydrogen-bond acceptors (Lipinski definition) is 3. The number of primary amides is 1. The van der Waals surface area contributed by atoms with Crippen molar-refractivity contribution < 1.29 is 18.7 Å². The zero-order chi connectivity index (χ0) is 15.9. The molecule has 2 rings (SSSR count). The third kappa shape index (κ3) is 3.75. The van der Waals surface area contributed by atoms with Crippen molar-refractivity contribution in [2.45, 2.75) is 19.8 Å². The van der Waals surface area contributed by atoms with E-state index in [9.17, 15) is 9.18 Å². The Morgan fingerprint density at radius 3 is 2.50 bits per heavy atom. The minimum absolute atomic E-state index is 0.0461. The van der Waals surface area contributed by atoms with Crippen LogP contribution >= 0.6 is 0 Å². The molecule has 0 spiro atoms. The van der Waals surface area contributed by atoms with Gasteiger partial charge in [-0.15, -0.1) is 0 Å². The van der Waals surface area contributed by atoms with Crippen molar-refractivity contribution in [1.82, 2.24) is 0 Å². The Morgan fingerprint density at radius 1 is 1.14 bits per heavy atom. The Morgan fingerprint density at radius 2 is 1.86 bits per heavy atom. The van der Waals surface area contributed by atoms with Gasteiger partial charge < -0.3 is 15.2 Å². The first kappa shape index (κ1) is 15.8. The number of amides is 1. The van der Waals surface area contributed by atoms with E-state index >= 15 is 0 Å². The summed E-state index contributed by atoms with van der Waals surface area (Å²) in [4.78, 5) is 11.5. The quantitative estimate of drug-likeness (QED) is 0.789. The molecule has 5 heteroatoms. The number of ether oxygens (including phenoxy) is 2. The summed E-state index contributed by atoms with van der Waals surface area (Å²) in [6.45, 7) is 2.36. The van der Waals surface area contributed by atoms with Gasteiger partial charge >= 0.3 is 0 Å². The summed E-state index contributed by atoms with van der Waals surface area (Å²) in [6, 6.07) is 11.2. The normalized spacial score (nSPS) is 10.3. The van der Waals surface area contributed by atoms with Gasteiger partial charge in [0.15, 0.2) is 11.6 Å². The summed E-state index contributed by atoms with van der Waals surface area (Å²) >= 11 is 0. The van der Waals surface area contributed by atoms with E-state index in [0.29, 0.717) is 12.4 Å². The Balaban J connectivity index is 2.40. The molecule has 0 saturated heterocycles. The van der Waals surface area contributed by atoms with Gasteiger partial charge in [-0.3, -0.25) is 4.79 Å². The molecule has 22 heavy (non-hydrogen) atoms. The van der Waals surface area contributed by atoms with Crippen LogP contribution in [0.1, 0.15) is 30.1 Å². The van der Waals surface area contributed by atoms with E-state index in [4.69, 9.17) is 15.2 Å². The van der Waals surface area contributed by atoms with Crippen molar-refractivity contribution in [1.29, 1.82) is 0 Å². The van der Waals surface area contributed by atoms with E-state index in [2.05, 4.69) is 0 Å². The van der Waals surface area contributed by atoms with E-state index in [1.54, 1.807) is 24.3 Å². The van der Waals surface area contributed by atoms with Crippen LogP contribution in [0.5, 0.6) is 17.2 Å². The average Bonchev–Trinajstić information content (AvgIpc) is 2.51. The molecule has 2 aromatic carbocycles. The molecule has 2 aromatic rings. The van der Waals surface area contributed by atoms with Gasteiger partial charge in [0, 0.05) is 0 Å². The number of rotatable bonds is 7. The lowest BCUT2D eigenvalue weighted by Crippen LogP contribution is -2.14. The first-order valence-corrected chi connectivity index (χ1v) is 7.11. The number of benzene rings is 2. The highest BCUT2D eigenvalue weighted by molar-refractivity contribution is 5.96. The summed E-state index contributed by atoms with van der Waals surface area (Å²) < 4.78 is 25.2. The minimum Gasteiger partial charge on any atom is -0.489 e. The molecule has 0 aliphatic carbocycles. The Labute approximate surface area is 128 Å². The van der Waals surface area contributed by atoms with Crippen LogP contribution in [0.25, 0.3) is 0 Å². The third-order valence-corrected chi connectivity index (χ3v) is 3.04. The highest BCUT2D eigenvalue weighted by atomic mass is 19.1. The molecule has 0 aromatic heterocycles. The Hall–Kier alpha value is -2.56. The van der Waals surface area contributed by atoms with Gasteiger partial charge in [0.05, 0.1) is 12.2 Å². The van der Waals surface area contributed by atoms with Crippen molar-refractivity contribution in [3.05, 3.63) is 53.8 Å². The topological polar surface area (TPSA) is 61.5 Å². The average molecular weight is 303 g/mol. The zero-order valence-electron chi connectivity index (χ0n) is 12.3. The van der Waals surface area contributed by atoms with Gasteiger partial charge in [0.2, 0.25) is 5.75 Å². The van der Waals surface area contributed by atoms with Crippen LogP contribution in [-0.2, 0) is 0 Å². The molecule has 2 N–H and O–H groups in total. The van der Waals surface area contributed by atoms with Crippen LogP contribution in [0.15, 0.2) is 42.5 Å². The number of hydrogen-bond donors (Lipinski definition) is 1. The van der Waals surface area contributed by atoms with Gasteiger partial charge in [-0.25, -0.2) is 4.39 Å². The van der Waals surface area contributed by atoms with Gasteiger partial charge in [-0.2, -0.15) is 0 Å². The molecular weight excluding hydrogens is 285 g/mol.